The number of nitrogens with one attached hydrogen (secondary N) is 3. The fourth-order valence-corrected chi connectivity index (χ4v) is 3.30. The first-order valence-corrected chi connectivity index (χ1v) is 10.5. The van der Waals surface area contributed by atoms with Crippen LogP contribution in [0.2, 0.25) is 10.0 Å². The summed E-state index contributed by atoms with van der Waals surface area (Å²) < 4.78 is 1.28. The van der Waals surface area contributed by atoms with Crippen LogP contribution in [0, 0.1) is 6.92 Å². The Bertz CT molecular complexity index is 1170. The highest BCUT2D eigenvalue weighted by Crippen LogP contribution is 2.26. The third kappa shape index (κ3) is 5.00. The summed E-state index contributed by atoms with van der Waals surface area (Å²) in [6, 6.07) is 11.6. The quantitative estimate of drug-likeness (QED) is 0.489. The number of aromatic nitrogens is 1. The number of hydrogen-bond acceptors (Lipinski definition) is 3. The summed E-state index contributed by atoms with van der Waals surface area (Å²) >= 11 is 12.2. The van der Waals surface area contributed by atoms with Crippen LogP contribution >= 0.6 is 23.2 Å². The van der Waals surface area contributed by atoms with Crippen molar-refractivity contribution in [3.8, 4) is 0 Å². The van der Waals surface area contributed by atoms with E-state index in [0.29, 0.717) is 38.6 Å². The second kappa shape index (κ2) is 9.41. The topological polar surface area (TPSA) is 92.2 Å². The van der Waals surface area contributed by atoms with Crippen molar-refractivity contribution in [1.82, 2.24) is 9.99 Å². The first-order valence-electron chi connectivity index (χ1n) is 9.70. The molecule has 9 heteroatoms. The van der Waals surface area contributed by atoms with E-state index in [1.54, 1.807) is 56.3 Å². The van der Waals surface area contributed by atoms with Crippen molar-refractivity contribution in [2.24, 2.45) is 0 Å². The van der Waals surface area contributed by atoms with Gasteiger partial charge in [0.2, 0.25) is 0 Å². The molecule has 1 aromatic heterocycles. The van der Waals surface area contributed by atoms with Gasteiger partial charge in [-0.2, -0.15) is 0 Å². The number of hydrogen-bond donors (Lipinski definition) is 3. The summed E-state index contributed by atoms with van der Waals surface area (Å²) in [5, 5.41) is 7.02. The molecule has 0 unspecified atom stereocenters. The molecule has 31 heavy (non-hydrogen) atoms. The molecule has 0 radical (unpaired) electrons. The van der Waals surface area contributed by atoms with Gasteiger partial charge in [0.1, 0.15) is 5.69 Å². The lowest BCUT2D eigenvalue weighted by molar-refractivity contribution is -0.137. The summed E-state index contributed by atoms with van der Waals surface area (Å²) in [7, 11) is 0. The van der Waals surface area contributed by atoms with Crippen molar-refractivity contribution in [3.63, 3.8) is 0 Å². The molecule has 3 aromatic rings. The first kappa shape index (κ1) is 22.7. The second-order valence-electron chi connectivity index (χ2n) is 7.16. The minimum absolute atomic E-state index is 0.126. The number of rotatable bonds is 5. The highest BCUT2D eigenvalue weighted by Gasteiger charge is 2.22. The number of nitrogens with zero attached hydrogens (tertiary/aromatic N) is 1. The zero-order valence-electron chi connectivity index (χ0n) is 17.3. The predicted octanol–water partition coefficient (Wildman–Crippen LogP) is 4.49. The molecule has 0 aliphatic carbocycles. The number of benzene rings is 2. The van der Waals surface area contributed by atoms with Crippen molar-refractivity contribution in [3.05, 3.63) is 63.8 Å². The summed E-state index contributed by atoms with van der Waals surface area (Å²) in [6.45, 7) is 5.48. The maximum atomic E-state index is 13.1. The predicted molar refractivity (Wildman–Crippen MR) is 123 cm³/mol. The smallest absolute Gasteiger partial charge is 0.328 e. The number of anilines is 1. The van der Waals surface area contributed by atoms with Gasteiger partial charge >= 0.3 is 11.8 Å². The Morgan fingerprint density at radius 2 is 1.81 bits per heavy atom. The van der Waals surface area contributed by atoms with Gasteiger partial charge in [-0.25, -0.2) is 4.68 Å². The fraction of sp³-hybridized carbons (Fsp3) is 0.227. The molecule has 0 saturated carbocycles. The molecule has 0 fully saturated rings. The molecular weight excluding hydrogens is 439 g/mol. The van der Waals surface area contributed by atoms with Crippen LogP contribution in [0.5, 0.6) is 0 Å². The van der Waals surface area contributed by atoms with E-state index in [1.807, 2.05) is 6.92 Å². The Labute approximate surface area is 189 Å². The Morgan fingerprint density at radius 3 is 2.52 bits per heavy atom. The molecule has 2 aromatic carbocycles. The van der Waals surface area contributed by atoms with E-state index in [0.717, 1.165) is 0 Å². The lowest BCUT2D eigenvalue weighted by atomic mass is 10.2. The Kier molecular flexibility index (Phi) is 6.87. The minimum Gasteiger partial charge on any atom is -0.345 e. The maximum Gasteiger partial charge on any atom is 0.328 e. The van der Waals surface area contributed by atoms with Gasteiger partial charge in [-0.15, -0.1) is 0 Å². The largest absolute Gasteiger partial charge is 0.345 e. The van der Waals surface area contributed by atoms with E-state index in [-0.39, 0.29) is 11.7 Å². The highest BCUT2D eigenvalue weighted by molar-refractivity contribution is 6.38. The molecule has 3 N–H and O–H groups in total. The maximum absolute atomic E-state index is 13.1. The Hall–Kier alpha value is -3.03. The summed E-state index contributed by atoms with van der Waals surface area (Å²) in [4.78, 5) is 37.8. The lowest BCUT2D eigenvalue weighted by Gasteiger charge is -2.15. The van der Waals surface area contributed by atoms with Gasteiger partial charge in [-0.1, -0.05) is 36.2 Å². The van der Waals surface area contributed by atoms with Crippen LogP contribution in [0.15, 0.2) is 42.5 Å². The van der Waals surface area contributed by atoms with Crippen molar-refractivity contribution in [1.29, 1.82) is 0 Å². The van der Waals surface area contributed by atoms with Gasteiger partial charge in [0.05, 0.1) is 5.52 Å². The molecule has 7 nitrogen and oxygen atoms in total. The number of carbonyl (C=O) groups excluding carboxylic acids is 3. The second-order valence-corrected chi connectivity index (χ2v) is 8.00. The van der Waals surface area contributed by atoms with E-state index in [4.69, 9.17) is 23.2 Å². The van der Waals surface area contributed by atoms with Crippen LogP contribution in [0.1, 0.15) is 36.3 Å². The van der Waals surface area contributed by atoms with Crippen molar-refractivity contribution >= 4 is 57.5 Å². The zero-order chi connectivity index (χ0) is 22.7. The van der Waals surface area contributed by atoms with Gasteiger partial charge in [0, 0.05) is 27.2 Å². The summed E-state index contributed by atoms with van der Waals surface area (Å²) in [5.74, 6) is -2.16. The number of halogens is 2. The standard InChI is InChI=1S/C22H22Cl2N4O3/c1-4-12(2)25-21(30)22(31)27-28-18-9-8-15(23)10-14(18)11-19(28)20(29)26-17-7-5-6-16(24)13(17)3/h5-12H,4H2,1-3H3,(H,25,30)(H,26,29)(H,27,31)/t12-/m0/s1. The Balaban J connectivity index is 1.97. The molecule has 0 aliphatic rings. The number of amides is 3. The number of carbonyl (C=O) groups is 3. The van der Waals surface area contributed by atoms with Gasteiger partial charge in [-0.3, -0.25) is 19.8 Å². The molecule has 0 bridgehead atoms. The van der Waals surface area contributed by atoms with Crippen LogP contribution in [0.3, 0.4) is 0 Å². The molecule has 1 atom stereocenters. The Morgan fingerprint density at radius 1 is 1.06 bits per heavy atom. The first-order chi connectivity index (χ1) is 14.7. The van der Waals surface area contributed by atoms with E-state index >= 15 is 0 Å². The molecule has 162 valence electrons. The monoisotopic (exact) mass is 460 g/mol. The summed E-state index contributed by atoms with van der Waals surface area (Å²) in [6.07, 6.45) is 0.677. The van der Waals surface area contributed by atoms with Crippen molar-refractivity contribution < 1.29 is 14.4 Å². The number of fused-ring (bicyclic) bond motifs is 1. The zero-order valence-corrected chi connectivity index (χ0v) is 18.8. The molecule has 3 amide bonds. The normalized spacial score (nSPS) is 11.8. The van der Waals surface area contributed by atoms with Crippen LogP contribution in [0.4, 0.5) is 5.69 Å². The third-order valence-corrected chi connectivity index (χ3v) is 5.57. The summed E-state index contributed by atoms with van der Waals surface area (Å²) in [5.41, 5.74) is 4.40. The van der Waals surface area contributed by atoms with Gasteiger partial charge in [0.25, 0.3) is 5.91 Å². The average molecular weight is 461 g/mol. The van der Waals surface area contributed by atoms with Gasteiger partial charge < -0.3 is 10.6 Å². The van der Waals surface area contributed by atoms with Crippen molar-refractivity contribution in [2.45, 2.75) is 33.2 Å². The van der Waals surface area contributed by atoms with Gasteiger partial charge in [0.15, 0.2) is 0 Å². The third-order valence-electron chi connectivity index (χ3n) is 4.92. The van der Waals surface area contributed by atoms with Crippen LogP contribution < -0.4 is 16.1 Å². The van der Waals surface area contributed by atoms with Crippen LogP contribution in [0.25, 0.3) is 10.9 Å². The van der Waals surface area contributed by atoms with Gasteiger partial charge in [-0.05, 0) is 62.2 Å². The highest BCUT2D eigenvalue weighted by atomic mass is 35.5. The van der Waals surface area contributed by atoms with E-state index in [1.165, 1.54) is 4.68 Å². The van der Waals surface area contributed by atoms with Crippen molar-refractivity contribution in [2.75, 3.05) is 10.7 Å². The van der Waals surface area contributed by atoms with E-state index < -0.39 is 17.7 Å². The molecular formula is C22H22Cl2N4O3. The fourth-order valence-electron chi connectivity index (χ4n) is 2.95. The minimum atomic E-state index is -0.888. The molecule has 1 heterocycles. The van der Waals surface area contributed by atoms with E-state index in [9.17, 15) is 14.4 Å². The van der Waals surface area contributed by atoms with Crippen LogP contribution in [-0.2, 0) is 9.59 Å². The lowest BCUT2D eigenvalue weighted by Crippen LogP contribution is -2.43. The SMILES string of the molecule is CC[C@H](C)NC(=O)C(=O)Nn1c(C(=O)Nc2cccc(Cl)c2C)cc2cc(Cl)ccc21. The molecule has 0 spiro atoms. The molecule has 0 aliphatic heterocycles. The van der Waals surface area contributed by atoms with E-state index in [2.05, 4.69) is 16.1 Å². The van der Waals surface area contributed by atoms with Crippen LogP contribution in [-0.4, -0.2) is 28.4 Å². The molecule has 3 rings (SSSR count). The average Bonchev–Trinajstić information content (AvgIpc) is 3.08. The molecule has 0 saturated heterocycles.